The van der Waals surface area contributed by atoms with Crippen molar-refractivity contribution in [3.63, 3.8) is 0 Å². The van der Waals surface area contributed by atoms with Gasteiger partial charge in [-0.15, -0.1) is 0 Å². The molecule has 0 aromatic heterocycles. The van der Waals surface area contributed by atoms with Crippen LogP contribution in [0.1, 0.15) is 12.8 Å². The first kappa shape index (κ1) is 8.52. The van der Waals surface area contributed by atoms with Crippen molar-refractivity contribution in [2.45, 2.75) is 18.4 Å². The first-order chi connectivity index (χ1) is 6.22. The maximum atomic E-state index is 10.6. The maximum absolute atomic E-state index is 10.6. The Labute approximate surface area is 75.3 Å². The summed E-state index contributed by atoms with van der Waals surface area (Å²) in [5, 5.41) is 8.69. The molecule has 0 amide bonds. The molecule has 5 heteroatoms. The molecule has 2 aliphatic rings. The molecule has 0 saturated carbocycles. The molecule has 2 N–H and O–H groups in total. The zero-order valence-corrected chi connectivity index (χ0v) is 7.08. The van der Waals surface area contributed by atoms with Crippen molar-refractivity contribution in [1.29, 1.82) is 0 Å². The lowest BCUT2D eigenvalue weighted by atomic mass is 9.94. The Morgan fingerprint density at radius 3 is 2.77 bits per heavy atom. The van der Waals surface area contributed by atoms with Crippen LogP contribution in [0.2, 0.25) is 0 Å². The van der Waals surface area contributed by atoms with Crippen LogP contribution in [-0.4, -0.2) is 29.9 Å². The van der Waals surface area contributed by atoms with Crippen LogP contribution in [0.5, 0.6) is 0 Å². The molecule has 0 atom stereocenters. The largest absolute Gasteiger partial charge is 0.477 e. The van der Waals surface area contributed by atoms with Crippen molar-refractivity contribution in [2.75, 3.05) is 13.2 Å². The fourth-order valence-corrected chi connectivity index (χ4v) is 1.55. The Balaban J connectivity index is 2.13. The summed E-state index contributed by atoms with van der Waals surface area (Å²) >= 11 is 0. The summed E-state index contributed by atoms with van der Waals surface area (Å²) in [6.07, 6.45) is 3.05. The molecular formula is C8H11NO4. The van der Waals surface area contributed by atoms with Gasteiger partial charge in [-0.2, -0.15) is 0 Å². The fourth-order valence-electron chi connectivity index (χ4n) is 1.55. The molecule has 0 aromatic rings. The predicted molar refractivity (Wildman–Crippen MR) is 42.7 cm³/mol. The standard InChI is InChI=1S/C8H11NO4/c10-7(11)6-5-8(13-9-6)1-3-12-4-2-8/h5,9H,1-4H2,(H,10,11). The van der Waals surface area contributed by atoms with Crippen molar-refractivity contribution in [1.82, 2.24) is 5.48 Å². The minimum Gasteiger partial charge on any atom is -0.477 e. The van der Waals surface area contributed by atoms with E-state index < -0.39 is 11.6 Å². The average molecular weight is 185 g/mol. The van der Waals surface area contributed by atoms with Crippen molar-refractivity contribution in [3.05, 3.63) is 11.8 Å². The third-order valence-corrected chi connectivity index (χ3v) is 2.34. The van der Waals surface area contributed by atoms with Crippen molar-refractivity contribution < 1.29 is 19.5 Å². The molecule has 0 unspecified atom stereocenters. The number of hydrogen-bond acceptors (Lipinski definition) is 4. The molecule has 2 heterocycles. The number of carbonyl (C=O) groups is 1. The minimum absolute atomic E-state index is 0.127. The summed E-state index contributed by atoms with van der Waals surface area (Å²) in [7, 11) is 0. The third kappa shape index (κ3) is 1.52. The summed E-state index contributed by atoms with van der Waals surface area (Å²) < 4.78 is 5.17. The molecule has 0 aliphatic carbocycles. The third-order valence-electron chi connectivity index (χ3n) is 2.34. The van der Waals surface area contributed by atoms with Gasteiger partial charge in [0.2, 0.25) is 0 Å². The Morgan fingerprint density at radius 2 is 2.23 bits per heavy atom. The van der Waals surface area contributed by atoms with E-state index in [0.717, 1.165) is 0 Å². The van der Waals surface area contributed by atoms with Gasteiger partial charge in [0.05, 0.1) is 0 Å². The van der Waals surface area contributed by atoms with E-state index >= 15 is 0 Å². The molecule has 0 bridgehead atoms. The van der Waals surface area contributed by atoms with Crippen molar-refractivity contribution >= 4 is 5.97 Å². The summed E-state index contributed by atoms with van der Waals surface area (Å²) in [4.78, 5) is 15.8. The van der Waals surface area contributed by atoms with E-state index in [1.54, 1.807) is 6.08 Å². The lowest BCUT2D eigenvalue weighted by molar-refractivity contribution is -0.136. The van der Waals surface area contributed by atoms with E-state index in [0.29, 0.717) is 26.1 Å². The van der Waals surface area contributed by atoms with E-state index in [9.17, 15) is 4.79 Å². The Kier molecular flexibility index (Phi) is 1.97. The molecule has 1 saturated heterocycles. The highest BCUT2D eigenvalue weighted by Crippen LogP contribution is 2.30. The van der Waals surface area contributed by atoms with Crippen LogP contribution in [0, 0.1) is 0 Å². The maximum Gasteiger partial charge on any atom is 0.354 e. The SMILES string of the molecule is O=C(O)C1=CC2(CCOCC2)ON1. The molecule has 1 fully saturated rings. The summed E-state index contributed by atoms with van der Waals surface area (Å²) in [5.41, 5.74) is 2.10. The second kappa shape index (κ2) is 3.01. The number of ether oxygens (including phenoxy) is 1. The van der Waals surface area contributed by atoms with Gasteiger partial charge in [-0.25, -0.2) is 4.79 Å². The number of hydroxylamine groups is 1. The highest BCUT2D eigenvalue weighted by atomic mass is 16.7. The van der Waals surface area contributed by atoms with Gasteiger partial charge in [0.25, 0.3) is 0 Å². The van der Waals surface area contributed by atoms with E-state index in [4.69, 9.17) is 14.7 Å². The molecule has 0 radical (unpaired) electrons. The molecule has 5 nitrogen and oxygen atoms in total. The van der Waals surface area contributed by atoms with Crippen LogP contribution in [0.4, 0.5) is 0 Å². The number of aliphatic carboxylic acids is 1. The number of rotatable bonds is 1. The molecule has 13 heavy (non-hydrogen) atoms. The first-order valence-electron chi connectivity index (χ1n) is 4.20. The number of carboxylic acids is 1. The smallest absolute Gasteiger partial charge is 0.354 e. The second-order valence-electron chi connectivity index (χ2n) is 3.24. The highest BCUT2D eigenvalue weighted by Gasteiger charge is 2.38. The topological polar surface area (TPSA) is 67.8 Å². The lowest BCUT2D eigenvalue weighted by Gasteiger charge is -2.29. The van der Waals surface area contributed by atoms with E-state index in [2.05, 4.69) is 5.48 Å². The van der Waals surface area contributed by atoms with E-state index in [1.165, 1.54) is 0 Å². The van der Waals surface area contributed by atoms with Gasteiger partial charge in [0.1, 0.15) is 11.3 Å². The van der Waals surface area contributed by atoms with Crippen molar-refractivity contribution in [2.24, 2.45) is 0 Å². The van der Waals surface area contributed by atoms with Crippen LogP contribution in [-0.2, 0) is 14.4 Å². The molecule has 72 valence electrons. The quantitative estimate of drug-likeness (QED) is 0.603. The van der Waals surface area contributed by atoms with Gasteiger partial charge >= 0.3 is 5.97 Å². The molecular weight excluding hydrogens is 174 g/mol. The van der Waals surface area contributed by atoms with Crippen LogP contribution >= 0.6 is 0 Å². The summed E-state index contributed by atoms with van der Waals surface area (Å²) in [5.74, 6) is -0.983. The normalized spacial score (nSPS) is 25.4. The van der Waals surface area contributed by atoms with Gasteiger partial charge in [-0.3, -0.25) is 10.3 Å². The van der Waals surface area contributed by atoms with Crippen LogP contribution in [0.25, 0.3) is 0 Å². The zero-order chi connectivity index (χ0) is 9.31. The Bertz CT molecular complexity index is 255. The van der Waals surface area contributed by atoms with Crippen LogP contribution < -0.4 is 5.48 Å². The van der Waals surface area contributed by atoms with Crippen LogP contribution in [0.3, 0.4) is 0 Å². The lowest BCUT2D eigenvalue weighted by Crippen LogP contribution is -2.36. The molecule has 0 aromatic carbocycles. The highest BCUT2D eigenvalue weighted by molar-refractivity contribution is 5.86. The monoisotopic (exact) mass is 185 g/mol. The van der Waals surface area contributed by atoms with E-state index in [-0.39, 0.29) is 5.70 Å². The van der Waals surface area contributed by atoms with E-state index in [1.807, 2.05) is 0 Å². The average Bonchev–Trinajstić information content (AvgIpc) is 2.51. The van der Waals surface area contributed by atoms with Crippen molar-refractivity contribution in [3.8, 4) is 0 Å². The van der Waals surface area contributed by atoms with Gasteiger partial charge in [-0.1, -0.05) is 0 Å². The second-order valence-corrected chi connectivity index (χ2v) is 3.24. The van der Waals surface area contributed by atoms with Gasteiger partial charge < -0.3 is 9.84 Å². The number of nitrogens with one attached hydrogen (secondary N) is 1. The van der Waals surface area contributed by atoms with Gasteiger partial charge in [-0.05, 0) is 6.08 Å². The number of hydrogen-bond donors (Lipinski definition) is 2. The van der Waals surface area contributed by atoms with Crippen LogP contribution in [0.15, 0.2) is 11.8 Å². The molecule has 1 spiro atoms. The number of carboxylic acid groups (broad SMARTS) is 1. The predicted octanol–water partition coefficient (Wildman–Crippen LogP) is 0.0389. The van der Waals surface area contributed by atoms with Gasteiger partial charge in [0, 0.05) is 26.1 Å². The minimum atomic E-state index is -0.983. The first-order valence-corrected chi connectivity index (χ1v) is 4.20. The Hall–Kier alpha value is -1.07. The summed E-state index contributed by atoms with van der Waals surface area (Å²) in [6, 6.07) is 0. The van der Waals surface area contributed by atoms with Gasteiger partial charge in [0.15, 0.2) is 0 Å². The fraction of sp³-hybridized carbons (Fsp3) is 0.625. The molecule has 2 rings (SSSR count). The zero-order valence-electron chi connectivity index (χ0n) is 7.08. The Morgan fingerprint density at radius 1 is 1.54 bits per heavy atom. The summed E-state index contributed by atoms with van der Waals surface area (Å²) in [6.45, 7) is 1.23. The molecule has 2 aliphatic heterocycles.